The molecule has 0 aliphatic heterocycles. The van der Waals surface area contributed by atoms with Crippen LogP contribution >= 0.6 is 0 Å². The van der Waals surface area contributed by atoms with Gasteiger partial charge in [0.25, 0.3) is 5.91 Å². The Morgan fingerprint density at radius 2 is 2.09 bits per heavy atom. The maximum Gasteiger partial charge on any atom is 0.257 e. The largest absolute Gasteiger partial charge is 0.342 e. The van der Waals surface area contributed by atoms with Crippen LogP contribution in [0.25, 0.3) is 5.65 Å². The summed E-state index contributed by atoms with van der Waals surface area (Å²) in [5.74, 6) is -0.576. The number of hydrogen-bond acceptors (Lipinski definition) is 3. The van der Waals surface area contributed by atoms with Gasteiger partial charge >= 0.3 is 0 Å². The Morgan fingerprint density at radius 1 is 1.27 bits per heavy atom. The van der Waals surface area contributed by atoms with E-state index in [0.717, 1.165) is 12.8 Å². The molecule has 2 heterocycles. The zero-order valence-electron chi connectivity index (χ0n) is 11.7. The highest BCUT2D eigenvalue weighted by Gasteiger charge is 2.47. The van der Waals surface area contributed by atoms with Crippen molar-refractivity contribution in [1.82, 2.24) is 19.9 Å². The lowest BCUT2D eigenvalue weighted by atomic mass is 10.0. The first-order chi connectivity index (χ1) is 10.7. The van der Waals surface area contributed by atoms with E-state index < -0.39 is 5.54 Å². The minimum atomic E-state index is -0.606. The fraction of sp³-hybridized carbons (Fsp3) is 0.188. The predicted octanol–water partition coefficient (Wildman–Crippen LogP) is 2.29. The van der Waals surface area contributed by atoms with Gasteiger partial charge in [0.15, 0.2) is 5.65 Å². The van der Waals surface area contributed by atoms with Gasteiger partial charge in [-0.1, -0.05) is 18.2 Å². The molecule has 0 unspecified atom stereocenters. The molecule has 1 N–H and O–H groups in total. The summed E-state index contributed by atoms with van der Waals surface area (Å²) in [6, 6.07) is 8.30. The van der Waals surface area contributed by atoms with Crippen LogP contribution in [0, 0.1) is 5.82 Å². The van der Waals surface area contributed by atoms with Gasteiger partial charge in [-0.15, -0.1) is 0 Å². The van der Waals surface area contributed by atoms with Crippen molar-refractivity contribution in [1.29, 1.82) is 0 Å². The molecule has 1 aliphatic carbocycles. The molecule has 22 heavy (non-hydrogen) atoms. The fourth-order valence-corrected chi connectivity index (χ4v) is 2.71. The summed E-state index contributed by atoms with van der Waals surface area (Å²) in [6.45, 7) is 0. The number of carbonyl (C=O) groups excluding carboxylic acids is 1. The zero-order valence-corrected chi connectivity index (χ0v) is 11.7. The Labute approximate surface area is 125 Å². The molecule has 0 saturated heterocycles. The van der Waals surface area contributed by atoms with Crippen LogP contribution in [0.4, 0.5) is 4.39 Å². The molecule has 3 aromatic rings. The number of nitrogens with zero attached hydrogens (tertiary/aromatic N) is 3. The number of hydrogen-bond donors (Lipinski definition) is 1. The van der Waals surface area contributed by atoms with E-state index in [4.69, 9.17) is 0 Å². The molecular weight excluding hydrogens is 283 g/mol. The van der Waals surface area contributed by atoms with Crippen LogP contribution in [0.1, 0.15) is 28.8 Å². The fourth-order valence-electron chi connectivity index (χ4n) is 2.71. The van der Waals surface area contributed by atoms with Gasteiger partial charge in [0.2, 0.25) is 0 Å². The monoisotopic (exact) mass is 296 g/mol. The molecule has 4 rings (SSSR count). The maximum absolute atomic E-state index is 14.0. The lowest BCUT2D eigenvalue weighted by Gasteiger charge is -2.18. The normalized spacial score (nSPS) is 15.7. The summed E-state index contributed by atoms with van der Waals surface area (Å²) in [7, 11) is 0. The van der Waals surface area contributed by atoms with E-state index >= 15 is 0 Å². The number of amides is 1. The molecule has 1 saturated carbocycles. The SMILES string of the molecule is O=C(NC1(c2ccccc2F)CC1)c1cnn2cccnc12. The minimum absolute atomic E-state index is 0.283. The molecule has 0 spiro atoms. The Kier molecular flexibility index (Phi) is 2.72. The minimum Gasteiger partial charge on any atom is -0.342 e. The van der Waals surface area contributed by atoms with Gasteiger partial charge in [-0.05, 0) is 25.0 Å². The van der Waals surface area contributed by atoms with Gasteiger partial charge in [0, 0.05) is 18.0 Å². The van der Waals surface area contributed by atoms with Crippen LogP contribution in [0.15, 0.2) is 48.9 Å². The summed E-state index contributed by atoms with van der Waals surface area (Å²) in [6.07, 6.45) is 6.27. The van der Waals surface area contributed by atoms with Crippen molar-refractivity contribution in [3.8, 4) is 0 Å². The summed E-state index contributed by atoms with van der Waals surface area (Å²) in [5, 5.41) is 7.05. The van der Waals surface area contributed by atoms with Crippen molar-refractivity contribution in [3.63, 3.8) is 0 Å². The summed E-state index contributed by atoms with van der Waals surface area (Å²) < 4.78 is 15.5. The van der Waals surface area contributed by atoms with Gasteiger partial charge < -0.3 is 5.32 Å². The van der Waals surface area contributed by atoms with E-state index in [1.54, 1.807) is 36.7 Å². The van der Waals surface area contributed by atoms with Crippen molar-refractivity contribution in [2.75, 3.05) is 0 Å². The van der Waals surface area contributed by atoms with Gasteiger partial charge in [-0.25, -0.2) is 13.9 Å². The van der Waals surface area contributed by atoms with Crippen LogP contribution in [0.3, 0.4) is 0 Å². The number of benzene rings is 1. The number of rotatable bonds is 3. The Hall–Kier alpha value is -2.76. The number of carbonyl (C=O) groups is 1. The Morgan fingerprint density at radius 3 is 2.86 bits per heavy atom. The molecule has 110 valence electrons. The molecule has 1 aliphatic rings. The van der Waals surface area contributed by atoms with Crippen molar-refractivity contribution >= 4 is 11.6 Å². The van der Waals surface area contributed by atoms with Crippen LogP contribution in [0.5, 0.6) is 0 Å². The highest BCUT2D eigenvalue weighted by atomic mass is 19.1. The molecule has 0 bridgehead atoms. The van der Waals surface area contributed by atoms with Crippen LogP contribution in [0.2, 0.25) is 0 Å². The highest BCUT2D eigenvalue weighted by molar-refractivity contribution is 6.00. The lowest BCUT2D eigenvalue weighted by molar-refractivity contribution is 0.0931. The summed E-state index contributed by atoms with van der Waals surface area (Å²) in [4.78, 5) is 16.7. The third-order valence-electron chi connectivity index (χ3n) is 4.02. The van der Waals surface area contributed by atoms with Crippen molar-refractivity contribution in [2.45, 2.75) is 18.4 Å². The van der Waals surface area contributed by atoms with E-state index in [1.807, 2.05) is 0 Å². The molecule has 0 atom stereocenters. The first-order valence-electron chi connectivity index (χ1n) is 7.05. The van der Waals surface area contributed by atoms with Crippen LogP contribution < -0.4 is 5.32 Å². The van der Waals surface area contributed by atoms with Crippen LogP contribution in [-0.4, -0.2) is 20.5 Å². The molecule has 1 fully saturated rings. The Balaban J connectivity index is 1.66. The second-order valence-electron chi connectivity index (χ2n) is 5.46. The predicted molar refractivity (Wildman–Crippen MR) is 77.8 cm³/mol. The molecule has 1 amide bonds. The average molecular weight is 296 g/mol. The lowest BCUT2D eigenvalue weighted by Crippen LogP contribution is -2.35. The van der Waals surface area contributed by atoms with Gasteiger partial charge in [-0.3, -0.25) is 4.79 Å². The van der Waals surface area contributed by atoms with E-state index in [-0.39, 0.29) is 11.7 Å². The molecular formula is C16H13FN4O. The molecule has 6 heteroatoms. The molecule has 1 aromatic carbocycles. The van der Waals surface area contributed by atoms with Crippen molar-refractivity contribution < 1.29 is 9.18 Å². The molecule has 5 nitrogen and oxygen atoms in total. The number of fused-ring (bicyclic) bond motifs is 1. The first kappa shape index (κ1) is 12.9. The first-order valence-corrected chi connectivity index (χ1v) is 7.05. The third-order valence-corrected chi connectivity index (χ3v) is 4.02. The summed E-state index contributed by atoms with van der Waals surface area (Å²) in [5.41, 5.74) is 0.811. The number of nitrogens with one attached hydrogen (secondary N) is 1. The topological polar surface area (TPSA) is 59.3 Å². The maximum atomic E-state index is 14.0. The molecule has 2 aromatic heterocycles. The highest BCUT2D eigenvalue weighted by Crippen LogP contribution is 2.46. The number of aromatic nitrogens is 3. The van der Waals surface area contributed by atoms with Gasteiger partial charge in [-0.2, -0.15) is 5.10 Å². The van der Waals surface area contributed by atoms with E-state index in [1.165, 1.54) is 16.8 Å². The van der Waals surface area contributed by atoms with Crippen molar-refractivity contribution in [2.24, 2.45) is 0 Å². The van der Waals surface area contributed by atoms with Gasteiger partial charge in [0.05, 0.1) is 11.7 Å². The van der Waals surface area contributed by atoms with E-state index in [0.29, 0.717) is 16.8 Å². The van der Waals surface area contributed by atoms with Gasteiger partial charge in [0.1, 0.15) is 11.4 Å². The molecule has 0 radical (unpaired) electrons. The van der Waals surface area contributed by atoms with E-state index in [9.17, 15) is 9.18 Å². The summed E-state index contributed by atoms with van der Waals surface area (Å²) >= 11 is 0. The van der Waals surface area contributed by atoms with E-state index in [2.05, 4.69) is 15.4 Å². The third kappa shape index (κ3) is 1.95. The second-order valence-corrected chi connectivity index (χ2v) is 5.46. The standard InChI is InChI=1S/C16H13FN4O/c17-13-5-2-1-4-12(13)16(6-7-16)20-15(22)11-10-19-21-9-3-8-18-14(11)21/h1-5,8-10H,6-7H2,(H,20,22). The zero-order chi connectivity index (χ0) is 15.2. The average Bonchev–Trinajstić information content (AvgIpc) is 3.17. The quantitative estimate of drug-likeness (QED) is 0.806. The van der Waals surface area contributed by atoms with Crippen LogP contribution in [-0.2, 0) is 5.54 Å². The smallest absolute Gasteiger partial charge is 0.257 e. The number of halogens is 1. The second kappa shape index (κ2) is 4.62. The Bertz CT molecular complexity index is 869. The van der Waals surface area contributed by atoms with Crippen molar-refractivity contribution in [3.05, 3.63) is 65.9 Å².